The van der Waals surface area contributed by atoms with Gasteiger partial charge in [-0.3, -0.25) is 0 Å². The lowest BCUT2D eigenvalue weighted by Gasteiger charge is -2.27. The lowest BCUT2D eigenvalue weighted by Crippen LogP contribution is -2.33. The van der Waals surface area contributed by atoms with E-state index in [9.17, 15) is 4.79 Å². The number of hydrogen-bond donors (Lipinski definition) is 2. The fourth-order valence-corrected chi connectivity index (χ4v) is 3.15. The number of thioether (sulfide) groups is 1. The molecule has 2 rings (SSSR count). The Hall–Kier alpha value is -0.940. The Labute approximate surface area is 111 Å². The van der Waals surface area contributed by atoms with E-state index in [-0.39, 0.29) is 5.56 Å². The molecule has 0 amide bonds. The second-order valence-electron chi connectivity index (χ2n) is 4.65. The molecule has 1 aliphatic rings. The molecule has 5 heteroatoms. The highest BCUT2D eigenvalue weighted by Crippen LogP contribution is 2.27. The fourth-order valence-electron chi connectivity index (χ4n) is 2.41. The fraction of sp³-hybridized carbons (Fsp3) is 0.615. The van der Waals surface area contributed by atoms with E-state index in [1.165, 1.54) is 25.2 Å². The highest BCUT2D eigenvalue weighted by Gasteiger charge is 2.21. The molecular formula is C13H19NO3S. The van der Waals surface area contributed by atoms with Crippen LogP contribution in [0.15, 0.2) is 16.7 Å². The van der Waals surface area contributed by atoms with Gasteiger partial charge in [-0.05, 0) is 38.0 Å². The van der Waals surface area contributed by atoms with Gasteiger partial charge in [-0.1, -0.05) is 0 Å². The SMILES string of the molecule is CSC1CCC(NCc2occc2C(=O)O)CC1. The lowest BCUT2D eigenvalue weighted by molar-refractivity contribution is 0.0694. The normalized spacial score (nSPS) is 24.1. The van der Waals surface area contributed by atoms with Crippen molar-refractivity contribution in [1.82, 2.24) is 5.32 Å². The Morgan fingerprint density at radius 1 is 1.50 bits per heavy atom. The summed E-state index contributed by atoms with van der Waals surface area (Å²) in [6, 6.07) is 1.99. The number of aromatic carboxylic acids is 1. The van der Waals surface area contributed by atoms with Crippen LogP contribution in [0.25, 0.3) is 0 Å². The van der Waals surface area contributed by atoms with Gasteiger partial charge in [-0.2, -0.15) is 11.8 Å². The number of furan rings is 1. The maximum Gasteiger partial charge on any atom is 0.339 e. The van der Waals surface area contributed by atoms with Gasteiger partial charge >= 0.3 is 5.97 Å². The van der Waals surface area contributed by atoms with Crippen molar-refractivity contribution >= 4 is 17.7 Å². The van der Waals surface area contributed by atoms with Gasteiger partial charge < -0.3 is 14.8 Å². The first-order valence-corrected chi connectivity index (χ1v) is 7.55. The van der Waals surface area contributed by atoms with Crippen molar-refractivity contribution in [2.45, 2.75) is 43.5 Å². The smallest absolute Gasteiger partial charge is 0.339 e. The molecule has 0 radical (unpaired) electrons. The van der Waals surface area contributed by atoms with Gasteiger partial charge in [0.25, 0.3) is 0 Å². The monoisotopic (exact) mass is 269 g/mol. The van der Waals surface area contributed by atoms with E-state index in [4.69, 9.17) is 9.52 Å². The topological polar surface area (TPSA) is 62.5 Å². The number of carbonyl (C=O) groups is 1. The van der Waals surface area contributed by atoms with Crippen molar-refractivity contribution in [2.75, 3.05) is 6.26 Å². The van der Waals surface area contributed by atoms with Crippen LogP contribution in [0.3, 0.4) is 0 Å². The maximum atomic E-state index is 10.9. The zero-order valence-electron chi connectivity index (χ0n) is 10.5. The van der Waals surface area contributed by atoms with Gasteiger partial charge in [-0.25, -0.2) is 4.79 Å². The summed E-state index contributed by atoms with van der Waals surface area (Å²) in [6.07, 6.45) is 8.40. The molecule has 4 nitrogen and oxygen atoms in total. The minimum atomic E-state index is -0.924. The molecule has 100 valence electrons. The van der Waals surface area contributed by atoms with Crippen molar-refractivity contribution in [3.63, 3.8) is 0 Å². The maximum absolute atomic E-state index is 10.9. The number of carboxylic acids is 1. The lowest BCUT2D eigenvalue weighted by atomic mass is 9.95. The van der Waals surface area contributed by atoms with E-state index in [1.54, 1.807) is 0 Å². The zero-order chi connectivity index (χ0) is 13.0. The van der Waals surface area contributed by atoms with Crippen LogP contribution in [-0.2, 0) is 6.54 Å². The molecule has 1 fully saturated rings. The van der Waals surface area contributed by atoms with Crippen molar-refractivity contribution in [3.05, 3.63) is 23.7 Å². The first-order chi connectivity index (χ1) is 8.70. The second-order valence-corrected chi connectivity index (χ2v) is 5.79. The third-order valence-corrected chi connectivity index (χ3v) is 4.67. The minimum Gasteiger partial charge on any atom is -0.478 e. The Bertz CT molecular complexity index is 397. The van der Waals surface area contributed by atoms with Crippen LogP contribution in [0.5, 0.6) is 0 Å². The summed E-state index contributed by atoms with van der Waals surface area (Å²) in [5, 5.41) is 13.2. The van der Waals surface area contributed by atoms with Gasteiger partial charge in [0.2, 0.25) is 0 Å². The molecule has 1 aromatic rings. The van der Waals surface area contributed by atoms with E-state index < -0.39 is 5.97 Å². The molecule has 2 N–H and O–H groups in total. The Morgan fingerprint density at radius 2 is 2.22 bits per heavy atom. The van der Waals surface area contributed by atoms with Gasteiger partial charge in [0.1, 0.15) is 11.3 Å². The zero-order valence-corrected chi connectivity index (χ0v) is 11.3. The van der Waals surface area contributed by atoms with Crippen LogP contribution in [0, 0.1) is 0 Å². The third kappa shape index (κ3) is 3.29. The first-order valence-electron chi connectivity index (χ1n) is 6.26. The third-order valence-electron chi connectivity index (χ3n) is 3.53. The number of rotatable bonds is 5. The van der Waals surface area contributed by atoms with Crippen LogP contribution >= 0.6 is 11.8 Å². The van der Waals surface area contributed by atoms with Crippen molar-refractivity contribution in [2.24, 2.45) is 0 Å². The van der Waals surface area contributed by atoms with Gasteiger partial charge in [0, 0.05) is 11.3 Å². The molecule has 0 spiro atoms. The van der Waals surface area contributed by atoms with Gasteiger partial charge in [-0.15, -0.1) is 0 Å². The van der Waals surface area contributed by atoms with Crippen LogP contribution in [-0.4, -0.2) is 28.6 Å². The van der Waals surface area contributed by atoms with Gasteiger partial charge in [0.05, 0.1) is 12.8 Å². The predicted molar refractivity (Wildman–Crippen MR) is 72.1 cm³/mol. The Balaban J connectivity index is 1.81. The number of hydrogen-bond acceptors (Lipinski definition) is 4. The molecule has 0 bridgehead atoms. The molecule has 1 saturated carbocycles. The number of nitrogens with one attached hydrogen (secondary N) is 1. The van der Waals surface area contributed by atoms with E-state index in [0.29, 0.717) is 18.3 Å². The summed E-state index contributed by atoms with van der Waals surface area (Å²) in [6.45, 7) is 0.503. The van der Waals surface area contributed by atoms with Crippen LogP contribution in [0.1, 0.15) is 41.8 Å². The number of carboxylic acid groups (broad SMARTS) is 1. The van der Waals surface area contributed by atoms with E-state index in [2.05, 4.69) is 11.6 Å². The molecule has 0 aromatic carbocycles. The average molecular weight is 269 g/mol. The molecule has 1 aliphatic carbocycles. The van der Waals surface area contributed by atoms with Crippen molar-refractivity contribution in [1.29, 1.82) is 0 Å². The minimum absolute atomic E-state index is 0.264. The Morgan fingerprint density at radius 3 is 2.83 bits per heavy atom. The van der Waals surface area contributed by atoms with Crippen LogP contribution < -0.4 is 5.32 Å². The summed E-state index contributed by atoms with van der Waals surface area (Å²) in [5.74, 6) is -0.402. The van der Waals surface area contributed by atoms with E-state index >= 15 is 0 Å². The van der Waals surface area contributed by atoms with Crippen molar-refractivity contribution < 1.29 is 14.3 Å². The largest absolute Gasteiger partial charge is 0.478 e. The summed E-state index contributed by atoms with van der Waals surface area (Å²) < 4.78 is 5.21. The second kappa shape index (κ2) is 6.29. The Kier molecular flexibility index (Phi) is 4.72. The summed E-state index contributed by atoms with van der Waals surface area (Å²) in [5.41, 5.74) is 0.264. The molecule has 0 unspecified atom stereocenters. The molecular weight excluding hydrogens is 250 g/mol. The molecule has 1 heterocycles. The summed E-state index contributed by atoms with van der Waals surface area (Å²) in [4.78, 5) is 10.9. The standard InChI is InChI=1S/C13H19NO3S/c1-18-10-4-2-9(3-5-10)14-8-12-11(13(15)16)6-7-17-12/h6-7,9-10,14H,2-5,8H2,1H3,(H,15,16). The van der Waals surface area contributed by atoms with Crippen molar-refractivity contribution in [3.8, 4) is 0 Å². The summed E-state index contributed by atoms with van der Waals surface area (Å²) >= 11 is 1.95. The van der Waals surface area contributed by atoms with E-state index in [0.717, 1.165) is 18.1 Å². The predicted octanol–water partition coefficient (Wildman–Crippen LogP) is 2.74. The molecule has 0 aliphatic heterocycles. The highest BCUT2D eigenvalue weighted by molar-refractivity contribution is 7.99. The van der Waals surface area contributed by atoms with E-state index in [1.807, 2.05) is 11.8 Å². The average Bonchev–Trinajstić information content (AvgIpc) is 2.85. The quantitative estimate of drug-likeness (QED) is 0.860. The van der Waals surface area contributed by atoms with Crippen LogP contribution in [0.2, 0.25) is 0 Å². The first kappa shape index (κ1) is 13.5. The van der Waals surface area contributed by atoms with Gasteiger partial charge in [0.15, 0.2) is 0 Å². The van der Waals surface area contributed by atoms with Crippen LogP contribution in [0.4, 0.5) is 0 Å². The summed E-state index contributed by atoms with van der Waals surface area (Å²) in [7, 11) is 0. The molecule has 0 atom stereocenters. The molecule has 18 heavy (non-hydrogen) atoms. The molecule has 0 saturated heterocycles. The molecule has 1 aromatic heterocycles. The highest BCUT2D eigenvalue weighted by atomic mass is 32.2.